The van der Waals surface area contributed by atoms with Crippen molar-refractivity contribution in [3.05, 3.63) is 41.2 Å². The van der Waals surface area contributed by atoms with Crippen LogP contribution < -0.4 is 0 Å². The number of aromatic nitrogens is 4. The van der Waals surface area contributed by atoms with E-state index in [1.807, 2.05) is 13.8 Å². The number of rotatable bonds is 3. The second-order valence-electron chi connectivity index (χ2n) is 3.53. The van der Waals surface area contributed by atoms with Crippen molar-refractivity contribution in [1.82, 2.24) is 19.7 Å². The number of hydrogen-bond acceptors (Lipinski definition) is 4. The predicted molar refractivity (Wildman–Crippen MR) is 58.2 cm³/mol. The normalized spacial score (nSPS) is 10.4. The molecular formula is C11H12N4O. The molecule has 16 heavy (non-hydrogen) atoms. The first-order valence-corrected chi connectivity index (χ1v) is 4.97. The van der Waals surface area contributed by atoms with Gasteiger partial charge in [0.25, 0.3) is 0 Å². The average Bonchev–Trinajstić information content (AvgIpc) is 2.55. The Bertz CT molecular complexity index is 504. The SMILES string of the molecule is Cc1nn(Cc2ncccn2)c(C)c1C=O. The van der Waals surface area contributed by atoms with Crippen LogP contribution in [0.1, 0.15) is 27.6 Å². The Kier molecular flexibility index (Phi) is 2.76. The van der Waals surface area contributed by atoms with Gasteiger partial charge in [0.1, 0.15) is 12.4 Å². The summed E-state index contributed by atoms with van der Waals surface area (Å²) in [6.45, 7) is 4.17. The van der Waals surface area contributed by atoms with Gasteiger partial charge in [0.05, 0.1) is 11.3 Å². The van der Waals surface area contributed by atoms with Gasteiger partial charge in [-0.1, -0.05) is 0 Å². The van der Waals surface area contributed by atoms with Gasteiger partial charge in [-0.15, -0.1) is 0 Å². The molecule has 5 nitrogen and oxygen atoms in total. The van der Waals surface area contributed by atoms with E-state index in [4.69, 9.17) is 0 Å². The number of carbonyl (C=O) groups is 1. The van der Waals surface area contributed by atoms with Crippen LogP contribution >= 0.6 is 0 Å². The summed E-state index contributed by atoms with van der Waals surface area (Å²) in [4.78, 5) is 19.1. The summed E-state index contributed by atoms with van der Waals surface area (Å²) >= 11 is 0. The Hall–Kier alpha value is -2.04. The zero-order chi connectivity index (χ0) is 11.5. The molecule has 0 bridgehead atoms. The van der Waals surface area contributed by atoms with Crippen molar-refractivity contribution >= 4 is 6.29 Å². The topological polar surface area (TPSA) is 60.7 Å². The van der Waals surface area contributed by atoms with E-state index in [0.29, 0.717) is 17.9 Å². The molecule has 82 valence electrons. The first-order valence-electron chi connectivity index (χ1n) is 4.97. The molecule has 2 aromatic heterocycles. The van der Waals surface area contributed by atoms with Crippen molar-refractivity contribution in [2.24, 2.45) is 0 Å². The fourth-order valence-electron chi connectivity index (χ4n) is 1.58. The monoisotopic (exact) mass is 216 g/mol. The Labute approximate surface area is 93.2 Å². The summed E-state index contributed by atoms with van der Waals surface area (Å²) in [5, 5.41) is 4.28. The molecule has 0 saturated heterocycles. The molecule has 0 atom stereocenters. The smallest absolute Gasteiger partial charge is 0.153 e. The first-order chi connectivity index (χ1) is 7.72. The predicted octanol–water partition coefficient (Wildman–Crippen LogP) is 1.15. The van der Waals surface area contributed by atoms with Crippen LogP contribution in [0.25, 0.3) is 0 Å². The molecule has 0 aliphatic heterocycles. The highest BCUT2D eigenvalue weighted by Crippen LogP contribution is 2.10. The zero-order valence-corrected chi connectivity index (χ0v) is 9.21. The van der Waals surface area contributed by atoms with Crippen LogP contribution in [0.5, 0.6) is 0 Å². The van der Waals surface area contributed by atoms with Gasteiger partial charge in [-0.25, -0.2) is 9.97 Å². The summed E-state index contributed by atoms with van der Waals surface area (Å²) in [7, 11) is 0. The fraction of sp³-hybridized carbons (Fsp3) is 0.273. The summed E-state index contributed by atoms with van der Waals surface area (Å²) in [5.41, 5.74) is 2.24. The van der Waals surface area contributed by atoms with Gasteiger partial charge in [0, 0.05) is 18.1 Å². The molecule has 2 heterocycles. The number of aldehydes is 1. The maximum atomic E-state index is 10.8. The molecule has 0 unspecified atom stereocenters. The molecule has 0 aliphatic carbocycles. The van der Waals surface area contributed by atoms with Crippen LogP contribution in [0.2, 0.25) is 0 Å². The second kappa shape index (κ2) is 4.22. The third-order valence-electron chi connectivity index (χ3n) is 2.47. The van der Waals surface area contributed by atoms with E-state index in [2.05, 4.69) is 15.1 Å². The summed E-state index contributed by atoms with van der Waals surface area (Å²) < 4.78 is 1.74. The van der Waals surface area contributed by atoms with Gasteiger partial charge in [0.2, 0.25) is 0 Å². The molecule has 0 amide bonds. The Morgan fingerprint density at radius 1 is 1.31 bits per heavy atom. The summed E-state index contributed by atoms with van der Waals surface area (Å²) in [5.74, 6) is 0.686. The van der Waals surface area contributed by atoms with Gasteiger partial charge < -0.3 is 0 Å². The van der Waals surface area contributed by atoms with Crippen LogP contribution in [0.3, 0.4) is 0 Å². The zero-order valence-electron chi connectivity index (χ0n) is 9.21. The number of carbonyl (C=O) groups excluding carboxylic acids is 1. The van der Waals surface area contributed by atoms with Gasteiger partial charge in [-0.3, -0.25) is 9.48 Å². The highest BCUT2D eigenvalue weighted by molar-refractivity contribution is 5.78. The molecule has 5 heteroatoms. The Balaban J connectivity index is 2.32. The van der Waals surface area contributed by atoms with Crippen molar-refractivity contribution in [3.63, 3.8) is 0 Å². The van der Waals surface area contributed by atoms with Crippen molar-refractivity contribution in [1.29, 1.82) is 0 Å². The van der Waals surface area contributed by atoms with Crippen LogP contribution in [-0.2, 0) is 6.54 Å². The van der Waals surface area contributed by atoms with E-state index in [0.717, 1.165) is 17.7 Å². The molecule has 0 saturated carbocycles. The van der Waals surface area contributed by atoms with E-state index in [9.17, 15) is 4.79 Å². The molecule has 0 aliphatic rings. The van der Waals surface area contributed by atoms with Gasteiger partial charge >= 0.3 is 0 Å². The molecule has 2 rings (SSSR count). The van der Waals surface area contributed by atoms with E-state index in [1.54, 1.807) is 23.1 Å². The highest BCUT2D eigenvalue weighted by atomic mass is 16.1. The third kappa shape index (κ3) is 1.84. The minimum absolute atomic E-state index is 0.487. The number of hydrogen-bond donors (Lipinski definition) is 0. The number of nitrogens with zero attached hydrogens (tertiary/aromatic N) is 4. The standard InChI is InChI=1S/C11H12N4O/c1-8-10(7-16)9(2)15(14-8)6-11-12-4-3-5-13-11/h3-5,7H,6H2,1-2H3. The lowest BCUT2D eigenvalue weighted by Gasteiger charge is -2.02. The van der Waals surface area contributed by atoms with E-state index in [1.165, 1.54) is 0 Å². The highest BCUT2D eigenvalue weighted by Gasteiger charge is 2.11. The van der Waals surface area contributed by atoms with Gasteiger partial charge in [-0.2, -0.15) is 5.10 Å². The van der Waals surface area contributed by atoms with E-state index < -0.39 is 0 Å². The molecule has 0 spiro atoms. The van der Waals surface area contributed by atoms with Crippen LogP contribution in [-0.4, -0.2) is 26.0 Å². The third-order valence-corrected chi connectivity index (χ3v) is 2.47. The van der Waals surface area contributed by atoms with Crippen LogP contribution in [0.4, 0.5) is 0 Å². The molecule has 0 fully saturated rings. The van der Waals surface area contributed by atoms with Gasteiger partial charge in [-0.05, 0) is 19.9 Å². The Morgan fingerprint density at radius 3 is 2.56 bits per heavy atom. The molecule has 0 N–H and O–H groups in total. The van der Waals surface area contributed by atoms with Crippen molar-refractivity contribution in [2.45, 2.75) is 20.4 Å². The molecule has 0 aromatic carbocycles. The first kappa shape index (κ1) is 10.5. The lowest BCUT2D eigenvalue weighted by Crippen LogP contribution is -2.07. The maximum absolute atomic E-state index is 10.8. The fourth-order valence-corrected chi connectivity index (χ4v) is 1.58. The quantitative estimate of drug-likeness (QED) is 0.722. The molecule has 2 aromatic rings. The van der Waals surface area contributed by atoms with Crippen LogP contribution in [0.15, 0.2) is 18.5 Å². The second-order valence-corrected chi connectivity index (χ2v) is 3.53. The molecule has 0 radical (unpaired) electrons. The lowest BCUT2D eigenvalue weighted by atomic mass is 10.2. The van der Waals surface area contributed by atoms with Crippen molar-refractivity contribution in [2.75, 3.05) is 0 Å². The van der Waals surface area contributed by atoms with Crippen molar-refractivity contribution < 1.29 is 4.79 Å². The summed E-state index contributed by atoms with van der Waals surface area (Å²) in [6, 6.07) is 1.77. The minimum atomic E-state index is 0.487. The lowest BCUT2D eigenvalue weighted by molar-refractivity contribution is 0.112. The van der Waals surface area contributed by atoms with Crippen LogP contribution in [0, 0.1) is 13.8 Å². The number of aryl methyl sites for hydroxylation is 1. The Morgan fingerprint density at radius 2 is 2.00 bits per heavy atom. The van der Waals surface area contributed by atoms with E-state index in [-0.39, 0.29) is 0 Å². The molecular weight excluding hydrogens is 204 g/mol. The van der Waals surface area contributed by atoms with Gasteiger partial charge in [0.15, 0.2) is 6.29 Å². The largest absolute Gasteiger partial charge is 0.298 e. The van der Waals surface area contributed by atoms with E-state index >= 15 is 0 Å². The minimum Gasteiger partial charge on any atom is -0.298 e. The summed E-state index contributed by atoms with van der Waals surface area (Å²) in [6.07, 6.45) is 4.21. The average molecular weight is 216 g/mol. The maximum Gasteiger partial charge on any atom is 0.153 e. The van der Waals surface area contributed by atoms with Crippen molar-refractivity contribution in [3.8, 4) is 0 Å².